The molecule has 0 spiro atoms. The topological polar surface area (TPSA) is 93.5 Å². The van der Waals surface area contributed by atoms with Gasteiger partial charge in [-0.3, -0.25) is 14.3 Å². The molecule has 1 aromatic carbocycles. The first-order chi connectivity index (χ1) is 12.0. The van der Waals surface area contributed by atoms with E-state index in [0.717, 1.165) is 4.90 Å². The maximum Gasteiger partial charge on any atom is 0.357 e. The summed E-state index contributed by atoms with van der Waals surface area (Å²) in [5.41, 5.74) is 0.598. The molecule has 0 aliphatic carbocycles. The summed E-state index contributed by atoms with van der Waals surface area (Å²) in [6, 6.07) is 4.96. The minimum absolute atomic E-state index is 0.0807. The summed E-state index contributed by atoms with van der Waals surface area (Å²) in [6.07, 6.45) is 1.53. The second kappa shape index (κ2) is 6.71. The molecule has 1 aliphatic heterocycles. The van der Waals surface area contributed by atoms with Crippen molar-refractivity contribution in [2.24, 2.45) is 0 Å². The molecule has 0 radical (unpaired) electrons. The smallest absolute Gasteiger partial charge is 0.357 e. The van der Waals surface area contributed by atoms with Crippen LogP contribution in [0.4, 0.5) is 9.18 Å². The number of hydrogen-bond acceptors (Lipinski definition) is 5. The second-order valence-corrected chi connectivity index (χ2v) is 5.39. The van der Waals surface area contributed by atoms with Gasteiger partial charge in [0.1, 0.15) is 5.82 Å². The zero-order valence-corrected chi connectivity index (χ0v) is 13.3. The molecule has 2 aromatic rings. The third-order valence-corrected chi connectivity index (χ3v) is 3.71. The number of rotatable bonds is 4. The van der Waals surface area contributed by atoms with Gasteiger partial charge in [0.05, 0.1) is 12.5 Å². The number of imidazole rings is 1. The molecule has 8 nitrogen and oxygen atoms in total. The Hall–Kier alpha value is -3.23. The summed E-state index contributed by atoms with van der Waals surface area (Å²) in [7, 11) is 0. The van der Waals surface area contributed by atoms with E-state index in [-0.39, 0.29) is 12.2 Å². The van der Waals surface area contributed by atoms with Gasteiger partial charge in [0, 0.05) is 18.8 Å². The van der Waals surface area contributed by atoms with E-state index in [0.29, 0.717) is 12.2 Å². The summed E-state index contributed by atoms with van der Waals surface area (Å²) in [4.78, 5) is 40.9. The summed E-state index contributed by atoms with van der Waals surface area (Å²) >= 11 is 0. The molecule has 0 bridgehead atoms. The van der Waals surface area contributed by atoms with Crippen LogP contribution in [0.25, 0.3) is 5.69 Å². The molecular weight excluding hydrogens is 331 g/mol. The van der Waals surface area contributed by atoms with Crippen molar-refractivity contribution in [3.8, 4) is 5.69 Å². The Kier molecular flexibility index (Phi) is 4.46. The fourth-order valence-electron chi connectivity index (χ4n) is 2.43. The first-order valence-electron chi connectivity index (χ1n) is 7.56. The van der Waals surface area contributed by atoms with Crippen molar-refractivity contribution in [2.75, 3.05) is 13.1 Å². The Morgan fingerprint density at radius 2 is 2.04 bits per heavy atom. The summed E-state index contributed by atoms with van der Waals surface area (Å²) in [5.74, 6) is -1.78. The molecule has 1 N–H and O–H groups in total. The van der Waals surface area contributed by atoms with E-state index in [1.165, 1.54) is 48.3 Å². The zero-order valence-electron chi connectivity index (χ0n) is 13.3. The van der Waals surface area contributed by atoms with Gasteiger partial charge in [0.2, 0.25) is 0 Å². The van der Waals surface area contributed by atoms with Crippen molar-refractivity contribution in [2.45, 2.75) is 13.0 Å². The predicted octanol–water partition coefficient (Wildman–Crippen LogP) is 1.11. The number of esters is 1. The molecule has 1 atom stereocenters. The SMILES string of the molecule is C[C@H](OC(=O)c1cncn1-c1ccc(F)cc1)C(=O)N1CCNC1=O. The highest BCUT2D eigenvalue weighted by Crippen LogP contribution is 2.14. The Bertz CT molecular complexity index is 818. The number of nitrogens with one attached hydrogen (secondary N) is 1. The van der Waals surface area contributed by atoms with Crippen LogP contribution >= 0.6 is 0 Å². The standard InChI is InChI=1S/C16H15FN4O4/c1-10(14(22)20-7-6-19-16(20)24)25-15(23)13-8-18-9-21(13)12-4-2-11(17)3-5-12/h2-5,8-10H,6-7H2,1H3,(H,19,24)/t10-/m0/s1. The van der Waals surface area contributed by atoms with Gasteiger partial charge < -0.3 is 10.1 Å². The summed E-state index contributed by atoms with van der Waals surface area (Å²) < 4.78 is 19.6. The van der Waals surface area contributed by atoms with Crippen molar-refractivity contribution >= 4 is 17.9 Å². The van der Waals surface area contributed by atoms with Gasteiger partial charge in [-0.25, -0.2) is 19.0 Å². The van der Waals surface area contributed by atoms with Crippen LogP contribution in [0, 0.1) is 5.82 Å². The number of halogens is 1. The maximum atomic E-state index is 13.0. The lowest BCUT2D eigenvalue weighted by Crippen LogP contribution is -2.41. The number of benzene rings is 1. The van der Waals surface area contributed by atoms with Crippen LogP contribution in [0.2, 0.25) is 0 Å². The van der Waals surface area contributed by atoms with Gasteiger partial charge in [-0.05, 0) is 31.2 Å². The van der Waals surface area contributed by atoms with Gasteiger partial charge >= 0.3 is 12.0 Å². The predicted molar refractivity (Wildman–Crippen MR) is 83.5 cm³/mol. The average molecular weight is 346 g/mol. The van der Waals surface area contributed by atoms with Gasteiger partial charge in [0.25, 0.3) is 5.91 Å². The first kappa shape index (κ1) is 16.6. The monoisotopic (exact) mass is 346 g/mol. The fourth-order valence-corrected chi connectivity index (χ4v) is 2.43. The molecule has 2 heterocycles. The number of aromatic nitrogens is 2. The molecule has 1 aliphatic rings. The van der Waals surface area contributed by atoms with Gasteiger partial charge in [-0.15, -0.1) is 0 Å². The highest BCUT2D eigenvalue weighted by molar-refractivity contribution is 5.99. The van der Waals surface area contributed by atoms with Gasteiger partial charge in [-0.1, -0.05) is 0 Å². The zero-order chi connectivity index (χ0) is 18.0. The molecule has 1 saturated heterocycles. The van der Waals surface area contributed by atoms with Gasteiger partial charge in [0.15, 0.2) is 11.8 Å². The van der Waals surface area contributed by atoms with E-state index in [1.807, 2.05) is 0 Å². The Balaban J connectivity index is 1.74. The largest absolute Gasteiger partial charge is 0.448 e. The Labute approximate surface area is 142 Å². The van der Waals surface area contributed by atoms with Gasteiger partial charge in [-0.2, -0.15) is 0 Å². The maximum absolute atomic E-state index is 13.0. The molecule has 0 saturated carbocycles. The van der Waals surface area contributed by atoms with Crippen LogP contribution in [0.3, 0.4) is 0 Å². The fraction of sp³-hybridized carbons (Fsp3) is 0.250. The number of nitrogens with zero attached hydrogens (tertiary/aromatic N) is 3. The minimum Gasteiger partial charge on any atom is -0.448 e. The van der Waals surface area contributed by atoms with E-state index in [4.69, 9.17) is 4.74 Å². The summed E-state index contributed by atoms with van der Waals surface area (Å²) in [5, 5.41) is 2.50. The quantitative estimate of drug-likeness (QED) is 0.837. The Morgan fingerprint density at radius 3 is 2.68 bits per heavy atom. The van der Waals surface area contributed by atoms with Crippen molar-refractivity contribution < 1.29 is 23.5 Å². The molecule has 9 heteroatoms. The van der Waals surface area contributed by atoms with Crippen molar-refractivity contribution in [1.82, 2.24) is 19.8 Å². The molecule has 3 rings (SSSR count). The highest BCUT2D eigenvalue weighted by Gasteiger charge is 2.32. The van der Waals surface area contributed by atoms with Crippen molar-refractivity contribution in [3.05, 3.63) is 48.3 Å². The first-order valence-corrected chi connectivity index (χ1v) is 7.56. The number of carbonyl (C=O) groups excluding carboxylic acids is 3. The third-order valence-electron chi connectivity index (χ3n) is 3.71. The number of ether oxygens (including phenoxy) is 1. The van der Waals surface area contributed by atoms with Crippen molar-refractivity contribution in [3.63, 3.8) is 0 Å². The van der Waals surface area contributed by atoms with Crippen LogP contribution in [0.5, 0.6) is 0 Å². The van der Waals surface area contributed by atoms with Crippen molar-refractivity contribution in [1.29, 1.82) is 0 Å². The number of urea groups is 1. The number of hydrogen-bond donors (Lipinski definition) is 1. The molecule has 130 valence electrons. The molecule has 0 unspecified atom stereocenters. The number of amides is 3. The molecular formula is C16H15FN4O4. The third kappa shape index (κ3) is 3.35. The minimum atomic E-state index is -1.13. The van der Waals surface area contributed by atoms with Crippen LogP contribution in [-0.4, -0.2) is 51.6 Å². The van der Waals surface area contributed by atoms with Crippen LogP contribution in [0.15, 0.2) is 36.8 Å². The lowest BCUT2D eigenvalue weighted by atomic mass is 10.3. The molecule has 1 fully saturated rings. The Morgan fingerprint density at radius 1 is 1.32 bits per heavy atom. The number of carbonyl (C=O) groups is 3. The van der Waals surface area contributed by atoms with Crippen LogP contribution in [0.1, 0.15) is 17.4 Å². The van der Waals surface area contributed by atoms with E-state index in [9.17, 15) is 18.8 Å². The highest BCUT2D eigenvalue weighted by atomic mass is 19.1. The normalized spacial score (nSPS) is 15.0. The van der Waals surface area contributed by atoms with E-state index >= 15 is 0 Å². The van der Waals surface area contributed by atoms with E-state index in [2.05, 4.69) is 10.3 Å². The summed E-state index contributed by atoms with van der Waals surface area (Å²) in [6.45, 7) is 1.99. The number of imide groups is 1. The lowest BCUT2D eigenvalue weighted by Gasteiger charge is -2.18. The molecule has 25 heavy (non-hydrogen) atoms. The second-order valence-electron chi connectivity index (χ2n) is 5.39. The van der Waals surface area contributed by atoms with E-state index in [1.54, 1.807) is 0 Å². The van der Waals surface area contributed by atoms with Crippen LogP contribution < -0.4 is 5.32 Å². The molecule has 1 aromatic heterocycles. The molecule has 3 amide bonds. The lowest BCUT2D eigenvalue weighted by molar-refractivity contribution is -0.136. The average Bonchev–Trinajstić information content (AvgIpc) is 3.23. The van der Waals surface area contributed by atoms with E-state index < -0.39 is 29.8 Å². The van der Waals surface area contributed by atoms with Crippen LogP contribution in [-0.2, 0) is 9.53 Å².